The van der Waals surface area contributed by atoms with E-state index in [-0.39, 0.29) is 17.9 Å². The number of halogens is 1. The zero-order chi connectivity index (χ0) is 17.9. The van der Waals surface area contributed by atoms with Crippen molar-refractivity contribution in [3.63, 3.8) is 0 Å². The van der Waals surface area contributed by atoms with Gasteiger partial charge in [-0.15, -0.1) is 0 Å². The number of hydrogen-bond donors (Lipinski definition) is 2. The van der Waals surface area contributed by atoms with Crippen LogP contribution in [0.15, 0.2) is 48.8 Å². The minimum atomic E-state index is -0.340. The fourth-order valence-electron chi connectivity index (χ4n) is 3.08. The Labute approximate surface area is 149 Å². The van der Waals surface area contributed by atoms with Crippen LogP contribution < -0.4 is 5.32 Å². The highest BCUT2D eigenvalue weighted by atomic mass is 19.1. The SMILES string of the molecule is O=C(Nc1ccc(F)cc1)N1CCC[C@@H]1c1nc(-c2ccncc2)n[nH]1. The third-order valence-electron chi connectivity index (χ3n) is 4.37. The molecule has 4 rings (SSSR count). The summed E-state index contributed by atoms with van der Waals surface area (Å²) in [6, 6.07) is 8.96. The second-order valence-electron chi connectivity index (χ2n) is 6.07. The predicted molar refractivity (Wildman–Crippen MR) is 93.7 cm³/mol. The molecular weight excluding hydrogens is 335 g/mol. The fourth-order valence-corrected chi connectivity index (χ4v) is 3.08. The molecule has 7 nitrogen and oxygen atoms in total. The van der Waals surface area contributed by atoms with Crippen molar-refractivity contribution in [1.82, 2.24) is 25.1 Å². The van der Waals surface area contributed by atoms with Gasteiger partial charge in [0.05, 0.1) is 6.04 Å². The summed E-state index contributed by atoms with van der Waals surface area (Å²) in [4.78, 5) is 22.9. The molecule has 0 saturated carbocycles. The molecule has 1 atom stereocenters. The fraction of sp³-hybridized carbons (Fsp3) is 0.222. The van der Waals surface area contributed by atoms with Crippen LogP contribution in [0.1, 0.15) is 24.7 Å². The Bertz CT molecular complexity index is 896. The minimum Gasteiger partial charge on any atom is -0.314 e. The number of likely N-dealkylation sites (tertiary alicyclic amines) is 1. The summed E-state index contributed by atoms with van der Waals surface area (Å²) in [5.41, 5.74) is 1.42. The summed E-state index contributed by atoms with van der Waals surface area (Å²) < 4.78 is 13.0. The number of nitrogens with one attached hydrogen (secondary N) is 2. The lowest BCUT2D eigenvalue weighted by Crippen LogP contribution is -2.34. The second kappa shape index (κ2) is 6.91. The van der Waals surface area contributed by atoms with Gasteiger partial charge in [0, 0.05) is 30.2 Å². The topological polar surface area (TPSA) is 86.8 Å². The second-order valence-corrected chi connectivity index (χ2v) is 6.07. The van der Waals surface area contributed by atoms with Gasteiger partial charge in [-0.1, -0.05) is 0 Å². The normalized spacial score (nSPS) is 16.7. The number of carbonyl (C=O) groups excluding carboxylic acids is 1. The molecule has 26 heavy (non-hydrogen) atoms. The van der Waals surface area contributed by atoms with E-state index in [1.165, 1.54) is 24.3 Å². The average Bonchev–Trinajstić information content (AvgIpc) is 3.33. The summed E-state index contributed by atoms with van der Waals surface area (Å²) in [5, 5.41) is 10.0. The van der Waals surface area contributed by atoms with Gasteiger partial charge in [-0.3, -0.25) is 10.1 Å². The Morgan fingerprint density at radius 3 is 2.73 bits per heavy atom. The van der Waals surface area contributed by atoms with Crippen LogP contribution in [0.5, 0.6) is 0 Å². The zero-order valence-electron chi connectivity index (χ0n) is 13.9. The summed E-state index contributed by atoms with van der Waals surface area (Å²) in [5.74, 6) is 0.893. The number of urea groups is 1. The van der Waals surface area contributed by atoms with E-state index in [0.717, 1.165) is 18.4 Å². The molecular formula is C18H17FN6O. The number of carbonyl (C=O) groups is 1. The predicted octanol–water partition coefficient (Wildman–Crippen LogP) is 3.37. The van der Waals surface area contributed by atoms with Crippen molar-refractivity contribution in [2.45, 2.75) is 18.9 Å². The molecule has 2 N–H and O–H groups in total. The van der Waals surface area contributed by atoms with Gasteiger partial charge < -0.3 is 10.2 Å². The first-order valence-electron chi connectivity index (χ1n) is 8.36. The van der Waals surface area contributed by atoms with Gasteiger partial charge in [-0.25, -0.2) is 14.2 Å². The lowest BCUT2D eigenvalue weighted by Gasteiger charge is -2.23. The molecule has 0 radical (unpaired) electrons. The first-order chi connectivity index (χ1) is 12.7. The van der Waals surface area contributed by atoms with Crippen LogP contribution in [0.2, 0.25) is 0 Å². The molecule has 0 spiro atoms. The number of aromatic amines is 1. The van der Waals surface area contributed by atoms with Crippen LogP contribution in [0, 0.1) is 5.82 Å². The van der Waals surface area contributed by atoms with Gasteiger partial charge in [0.25, 0.3) is 0 Å². The molecule has 1 aromatic carbocycles. The molecule has 132 valence electrons. The number of H-pyrrole nitrogens is 1. The highest BCUT2D eigenvalue weighted by molar-refractivity contribution is 5.89. The van der Waals surface area contributed by atoms with E-state index in [9.17, 15) is 9.18 Å². The number of benzene rings is 1. The van der Waals surface area contributed by atoms with Crippen molar-refractivity contribution in [1.29, 1.82) is 0 Å². The van der Waals surface area contributed by atoms with E-state index < -0.39 is 0 Å². The standard InChI is InChI=1S/C18H17FN6O/c19-13-3-5-14(6-4-13)21-18(26)25-11-1-2-15(25)17-22-16(23-24-17)12-7-9-20-10-8-12/h3-10,15H,1-2,11H2,(H,21,26)(H,22,23,24)/t15-/m1/s1. The van der Waals surface area contributed by atoms with Crippen molar-refractivity contribution in [3.05, 3.63) is 60.4 Å². The number of aromatic nitrogens is 4. The number of pyridine rings is 1. The lowest BCUT2D eigenvalue weighted by molar-refractivity contribution is 0.205. The van der Waals surface area contributed by atoms with Crippen LogP contribution in [-0.2, 0) is 0 Å². The van der Waals surface area contributed by atoms with Crippen LogP contribution in [0.25, 0.3) is 11.4 Å². The van der Waals surface area contributed by atoms with Crippen molar-refractivity contribution < 1.29 is 9.18 Å². The van der Waals surface area contributed by atoms with Crippen molar-refractivity contribution >= 4 is 11.7 Å². The molecule has 3 heterocycles. The first kappa shape index (κ1) is 16.2. The Morgan fingerprint density at radius 1 is 1.19 bits per heavy atom. The maximum Gasteiger partial charge on any atom is 0.322 e. The van der Waals surface area contributed by atoms with Gasteiger partial charge >= 0.3 is 6.03 Å². The summed E-state index contributed by atoms with van der Waals surface area (Å²) in [6.07, 6.45) is 5.06. The minimum absolute atomic E-state index is 0.168. The summed E-state index contributed by atoms with van der Waals surface area (Å²) in [6.45, 7) is 0.628. The van der Waals surface area contributed by atoms with Gasteiger partial charge in [-0.2, -0.15) is 5.10 Å². The van der Waals surface area contributed by atoms with Crippen LogP contribution in [-0.4, -0.2) is 37.6 Å². The largest absolute Gasteiger partial charge is 0.322 e. The van der Waals surface area contributed by atoms with Crippen LogP contribution in [0.4, 0.5) is 14.9 Å². The average molecular weight is 352 g/mol. The number of amides is 2. The molecule has 0 bridgehead atoms. The third kappa shape index (κ3) is 3.26. The summed E-state index contributed by atoms with van der Waals surface area (Å²) >= 11 is 0. The Morgan fingerprint density at radius 2 is 1.96 bits per heavy atom. The number of nitrogens with zero attached hydrogens (tertiary/aromatic N) is 4. The summed E-state index contributed by atoms with van der Waals surface area (Å²) in [7, 11) is 0. The number of anilines is 1. The maximum atomic E-state index is 13.0. The Hall–Kier alpha value is -3.29. The van der Waals surface area contributed by atoms with Crippen LogP contribution >= 0.6 is 0 Å². The monoisotopic (exact) mass is 352 g/mol. The van der Waals surface area contributed by atoms with E-state index in [1.54, 1.807) is 17.3 Å². The van der Waals surface area contributed by atoms with Crippen molar-refractivity contribution in [3.8, 4) is 11.4 Å². The molecule has 1 fully saturated rings. The molecule has 3 aromatic rings. The molecule has 1 saturated heterocycles. The van der Waals surface area contributed by atoms with Gasteiger partial charge in [0.2, 0.25) is 0 Å². The zero-order valence-corrected chi connectivity index (χ0v) is 13.9. The quantitative estimate of drug-likeness (QED) is 0.756. The molecule has 1 aliphatic rings. The first-order valence-corrected chi connectivity index (χ1v) is 8.36. The van der Waals surface area contributed by atoms with Crippen molar-refractivity contribution in [2.75, 3.05) is 11.9 Å². The van der Waals surface area contributed by atoms with E-state index in [4.69, 9.17) is 0 Å². The van der Waals surface area contributed by atoms with Gasteiger partial charge in [0.1, 0.15) is 11.6 Å². The molecule has 8 heteroatoms. The van der Waals surface area contributed by atoms with E-state index in [0.29, 0.717) is 23.9 Å². The molecule has 2 amide bonds. The molecule has 0 unspecified atom stereocenters. The van der Waals surface area contributed by atoms with E-state index in [2.05, 4.69) is 25.5 Å². The van der Waals surface area contributed by atoms with Gasteiger partial charge in [0.15, 0.2) is 5.82 Å². The molecule has 2 aromatic heterocycles. The lowest BCUT2D eigenvalue weighted by atomic mass is 10.2. The molecule has 0 aliphatic carbocycles. The highest BCUT2D eigenvalue weighted by Crippen LogP contribution is 2.31. The Balaban J connectivity index is 1.50. The van der Waals surface area contributed by atoms with E-state index >= 15 is 0 Å². The third-order valence-corrected chi connectivity index (χ3v) is 4.37. The smallest absolute Gasteiger partial charge is 0.314 e. The Kier molecular flexibility index (Phi) is 4.30. The van der Waals surface area contributed by atoms with Crippen molar-refractivity contribution in [2.24, 2.45) is 0 Å². The van der Waals surface area contributed by atoms with Crippen LogP contribution in [0.3, 0.4) is 0 Å². The molecule has 1 aliphatic heterocycles. The number of hydrogen-bond acceptors (Lipinski definition) is 4. The number of rotatable bonds is 3. The van der Waals surface area contributed by atoms with E-state index in [1.807, 2.05) is 12.1 Å². The van der Waals surface area contributed by atoms with Gasteiger partial charge in [-0.05, 0) is 49.2 Å². The maximum absolute atomic E-state index is 13.0. The highest BCUT2D eigenvalue weighted by Gasteiger charge is 2.32.